The van der Waals surface area contributed by atoms with Gasteiger partial charge in [0.05, 0.1) is 55.0 Å². The number of hydrogen-bond donors (Lipinski definition) is 2. The van der Waals surface area contributed by atoms with Crippen molar-refractivity contribution in [3.05, 3.63) is 405 Å². The molecule has 0 aliphatic rings. The second kappa shape index (κ2) is 34.1. The number of pyridine rings is 3. The summed E-state index contributed by atoms with van der Waals surface area (Å²) in [6.45, 7) is 0. The van der Waals surface area contributed by atoms with Crippen molar-refractivity contribution in [1.82, 2.24) is 15.0 Å². The van der Waals surface area contributed by atoms with E-state index in [2.05, 4.69) is 301 Å². The second-order valence-electron chi connectivity index (χ2n) is 26.7. The third-order valence-electron chi connectivity index (χ3n) is 19.9. The van der Waals surface area contributed by atoms with Crippen LogP contribution in [0.1, 0.15) is 0 Å². The van der Waals surface area contributed by atoms with E-state index < -0.39 is 22.3 Å². The van der Waals surface area contributed by atoms with E-state index >= 15 is 0 Å². The molecule has 0 saturated heterocycles. The predicted octanol–water partition coefficient (Wildman–Crippen LogP) is 26.3. The van der Waals surface area contributed by atoms with Gasteiger partial charge in [0.15, 0.2) is 7.14 Å². The minimum absolute atomic E-state index is 0.675. The molecule has 544 valence electrons. The predicted molar refractivity (Wildman–Crippen MR) is 496 cm³/mol. The number of nitrogens with zero attached hydrogens (tertiary/aromatic N) is 3. The van der Waals surface area contributed by atoms with Gasteiger partial charge in [-0.15, -0.1) is 34.0 Å². The minimum atomic E-state index is -3.09. The molecular formula is C99H68BrClN3O3P3S3. The Balaban J connectivity index is 0.000000114. The van der Waals surface area contributed by atoms with Crippen LogP contribution in [0.25, 0.3) is 127 Å². The highest BCUT2D eigenvalue weighted by atomic mass is 79.9. The average Bonchev–Trinajstić information content (AvgIpc) is 1.58. The van der Waals surface area contributed by atoms with Crippen LogP contribution < -0.4 is 42.4 Å². The van der Waals surface area contributed by atoms with E-state index in [0.29, 0.717) is 0 Å². The van der Waals surface area contributed by atoms with Gasteiger partial charge in [-0.3, -0.25) is 10.5 Å². The Hall–Kier alpha value is -11.0. The molecule has 0 fully saturated rings. The number of hydrogen-bond acceptors (Lipinski definition) is 9. The lowest BCUT2D eigenvalue weighted by atomic mass is 10.0. The Kier molecular flexibility index (Phi) is 22.6. The lowest BCUT2D eigenvalue weighted by molar-refractivity contribution is -0.176. The first-order valence-electron chi connectivity index (χ1n) is 36.7. The average molecular weight is 1650 g/mol. The molecule has 0 amide bonds. The molecule has 21 rings (SSSR count). The maximum absolute atomic E-state index is 15.0. The molecule has 2 N–H and O–H groups in total. The van der Waals surface area contributed by atoms with Crippen molar-refractivity contribution in [2.24, 2.45) is 0 Å². The smallest absolute Gasteiger partial charge is 0.171 e. The zero-order valence-corrected chi connectivity index (χ0v) is 68.0. The first-order chi connectivity index (χ1) is 55.8. The molecule has 0 bridgehead atoms. The van der Waals surface area contributed by atoms with E-state index in [9.17, 15) is 4.57 Å². The molecule has 21 aromatic rings. The number of halogens is 2. The van der Waals surface area contributed by atoms with Gasteiger partial charge in [-0.2, -0.15) is 0 Å². The fourth-order valence-electron chi connectivity index (χ4n) is 14.7. The molecule has 6 aromatic heterocycles. The first kappa shape index (κ1) is 74.7. The molecule has 0 atom stereocenters. The van der Waals surface area contributed by atoms with Gasteiger partial charge >= 0.3 is 0 Å². The van der Waals surface area contributed by atoms with Crippen LogP contribution >= 0.6 is 83.5 Å². The van der Waals surface area contributed by atoms with Gasteiger partial charge in [-0.25, -0.2) is 15.0 Å². The van der Waals surface area contributed by atoms with Crippen LogP contribution in [0, 0.1) is 0 Å². The topological polar surface area (TPSA) is 96.2 Å². The third-order valence-corrected chi connectivity index (χ3v) is 32.1. The fraction of sp³-hybridized carbons (Fsp3) is 0. The normalized spacial score (nSPS) is 11.4. The highest BCUT2D eigenvalue weighted by Gasteiger charge is 2.31. The number of fused-ring (bicyclic) bond motifs is 15. The van der Waals surface area contributed by atoms with Gasteiger partial charge in [0.1, 0.15) is 0 Å². The third kappa shape index (κ3) is 15.2. The van der Waals surface area contributed by atoms with Crippen molar-refractivity contribution in [2.45, 2.75) is 0 Å². The summed E-state index contributed by atoms with van der Waals surface area (Å²) in [5.74, 6) is 0. The monoisotopic (exact) mass is 1650 g/mol. The van der Waals surface area contributed by atoms with E-state index in [1.165, 1.54) is 103 Å². The van der Waals surface area contributed by atoms with E-state index in [0.717, 1.165) is 70.5 Å². The molecular weight excluding hydrogens is 1580 g/mol. The standard InChI is InChI=1S/C33H22NOPS.C33H22NPS.C21H12BrNS.C12H10ClP.H2O2/c35-36(24-13-3-1-4-14-24,25-15-5-2-6-16-25)26-17-11-12-23(22-26)31-27-18-7-8-19-28(27)33-32(34-31)29-20-9-10-21-30(29)37-33;1-3-13-24(14-4-1)35(25-15-5-2-6-16-25)26-17-11-12-23(22-26)31-27-18-7-8-19-28(27)33-32(34-31)29-20-9-10-21-30(29)36-33;22-14-7-5-6-13(12-14)19-15-8-1-2-9-16(15)21-20(23-19)17-10-3-4-11-18(17)24-21;13-14(11-7-3-1-4-8-11)12-9-5-2-6-10-12;1-2/h1-22H;1-22H;1-12H;1-10H;1-2H. The summed E-state index contributed by atoms with van der Waals surface area (Å²) in [4.78, 5) is 15.7. The number of rotatable bonds is 11. The van der Waals surface area contributed by atoms with Crippen LogP contribution in [0.15, 0.2) is 405 Å². The lowest BCUT2D eigenvalue weighted by Gasteiger charge is -2.20. The van der Waals surface area contributed by atoms with Gasteiger partial charge in [0.25, 0.3) is 0 Å². The van der Waals surface area contributed by atoms with E-state index in [-0.39, 0.29) is 0 Å². The molecule has 0 unspecified atom stereocenters. The molecule has 113 heavy (non-hydrogen) atoms. The number of benzene rings is 15. The number of aromatic nitrogens is 3. The maximum atomic E-state index is 15.0. The van der Waals surface area contributed by atoms with Crippen LogP contribution in [0.5, 0.6) is 0 Å². The first-order valence-corrected chi connectivity index (χ1v) is 45.3. The van der Waals surface area contributed by atoms with Crippen LogP contribution in [0.2, 0.25) is 0 Å². The van der Waals surface area contributed by atoms with Gasteiger partial charge in [0, 0.05) is 99.7 Å². The molecule has 14 heteroatoms. The van der Waals surface area contributed by atoms with Crippen LogP contribution in [-0.2, 0) is 4.57 Å². The van der Waals surface area contributed by atoms with Gasteiger partial charge in [-0.05, 0) is 76.9 Å². The fourth-order valence-corrected chi connectivity index (χ4v) is 25.5. The van der Waals surface area contributed by atoms with Crippen molar-refractivity contribution in [3.8, 4) is 33.8 Å². The quantitative estimate of drug-likeness (QED) is 0.0761. The van der Waals surface area contributed by atoms with E-state index in [4.69, 9.17) is 36.7 Å². The summed E-state index contributed by atoms with van der Waals surface area (Å²) < 4.78 is 23.6. The van der Waals surface area contributed by atoms with E-state index in [1.807, 2.05) is 138 Å². The Bertz CT molecular complexity index is 6880. The van der Waals surface area contributed by atoms with Crippen LogP contribution in [-0.4, -0.2) is 25.5 Å². The summed E-state index contributed by atoms with van der Waals surface area (Å²) in [5.41, 5.74) is 9.51. The molecule has 15 aromatic carbocycles. The Morgan fingerprint density at radius 3 is 0.920 bits per heavy atom. The lowest BCUT2D eigenvalue weighted by Crippen LogP contribution is -2.25. The Morgan fingerprint density at radius 2 is 0.549 bits per heavy atom. The number of thiophene rings is 3. The molecule has 0 spiro atoms. The summed E-state index contributed by atoms with van der Waals surface area (Å²) in [6, 6.07) is 139. The SMILES string of the molecule is Brc1cccc(-c2nc3c4ccccc4sc3c3ccccc23)c1.ClP(c1ccccc1)c1ccccc1.O=P(c1ccccc1)(c1ccccc1)c1cccc(-c2nc3c4ccccc4sc3c3ccccc23)c1.OO.c1ccc(P(c2ccccc2)c2cccc(-c3nc4c5ccccc5sc4c4ccccc34)c2)cc1. The van der Waals surface area contributed by atoms with Crippen molar-refractivity contribution < 1.29 is 15.1 Å². The van der Waals surface area contributed by atoms with Gasteiger partial charge in [0.2, 0.25) is 0 Å². The van der Waals surface area contributed by atoms with E-state index in [1.54, 1.807) is 11.3 Å². The van der Waals surface area contributed by atoms with Crippen molar-refractivity contribution in [2.75, 3.05) is 0 Å². The highest BCUT2D eigenvalue weighted by molar-refractivity contribution is 9.10. The molecule has 6 nitrogen and oxygen atoms in total. The zero-order chi connectivity index (χ0) is 76.6. The molecule has 6 heterocycles. The van der Waals surface area contributed by atoms with Gasteiger partial charge in [-0.1, -0.05) is 385 Å². The van der Waals surface area contributed by atoms with Crippen molar-refractivity contribution in [3.63, 3.8) is 0 Å². The van der Waals surface area contributed by atoms with Gasteiger partial charge < -0.3 is 4.57 Å². The Morgan fingerprint density at radius 1 is 0.274 bits per heavy atom. The maximum Gasteiger partial charge on any atom is 0.171 e. The largest absolute Gasteiger partial charge is 0.309 e. The molecule has 0 saturated carbocycles. The second-order valence-corrected chi connectivity index (χ2v) is 38.4. The van der Waals surface area contributed by atoms with Crippen molar-refractivity contribution >= 4 is 219 Å². The molecule has 0 aliphatic carbocycles. The highest BCUT2D eigenvalue weighted by Crippen LogP contribution is 2.47. The Labute approximate surface area is 682 Å². The molecule has 0 aliphatic heterocycles. The summed E-state index contributed by atoms with van der Waals surface area (Å²) in [7, 11) is -4.46. The van der Waals surface area contributed by atoms with Crippen LogP contribution in [0.4, 0.5) is 0 Å². The summed E-state index contributed by atoms with van der Waals surface area (Å²) in [6.07, 6.45) is 0. The minimum Gasteiger partial charge on any atom is -0.309 e. The van der Waals surface area contributed by atoms with Crippen molar-refractivity contribution in [1.29, 1.82) is 0 Å². The zero-order valence-electron chi connectivity index (χ0n) is 60.6. The van der Waals surface area contributed by atoms with Crippen LogP contribution in [0.3, 0.4) is 0 Å². The summed E-state index contributed by atoms with van der Waals surface area (Å²) in [5, 5.41) is 31.8. The molecule has 0 radical (unpaired) electrons. The summed E-state index contributed by atoms with van der Waals surface area (Å²) >= 11 is 15.4.